The van der Waals surface area contributed by atoms with Gasteiger partial charge in [0.15, 0.2) is 0 Å². The third-order valence-corrected chi connectivity index (χ3v) is 5.19. The number of carbonyl (C=O) groups excluding carboxylic acids is 2. The number of hydrogen-bond acceptors (Lipinski definition) is 4. The highest BCUT2D eigenvalue weighted by Gasteiger charge is 2.34. The van der Waals surface area contributed by atoms with Crippen LogP contribution in [0.3, 0.4) is 0 Å². The minimum absolute atomic E-state index is 0.333. The van der Waals surface area contributed by atoms with E-state index in [4.69, 9.17) is 5.73 Å². The molecule has 6 nitrogen and oxygen atoms in total. The molecule has 1 heterocycles. The van der Waals surface area contributed by atoms with Crippen molar-refractivity contribution in [2.45, 2.75) is 33.1 Å². The van der Waals surface area contributed by atoms with Crippen molar-refractivity contribution in [3.05, 3.63) is 28.2 Å². The van der Waals surface area contributed by atoms with E-state index in [0.29, 0.717) is 29.8 Å². The van der Waals surface area contributed by atoms with E-state index in [2.05, 4.69) is 5.32 Å². The monoisotopic (exact) mass is 336 g/mol. The summed E-state index contributed by atoms with van der Waals surface area (Å²) in [5, 5.41) is 12.4. The lowest BCUT2D eigenvalue weighted by Gasteiger charge is -2.24. The van der Waals surface area contributed by atoms with Gasteiger partial charge in [0, 0.05) is 4.88 Å². The lowest BCUT2D eigenvalue weighted by atomic mass is 9.82. The third kappa shape index (κ3) is 3.44. The maximum absolute atomic E-state index is 12.5. The predicted octanol–water partition coefficient (Wildman–Crippen LogP) is 2.32. The van der Waals surface area contributed by atoms with Crippen LogP contribution in [-0.2, 0) is 16.0 Å². The normalized spacial score (nSPS) is 20.3. The molecule has 0 bridgehead atoms. The number of thiophene rings is 1. The Morgan fingerprint density at radius 3 is 2.43 bits per heavy atom. The summed E-state index contributed by atoms with van der Waals surface area (Å²) in [7, 11) is 0. The minimum atomic E-state index is -0.985. The Morgan fingerprint density at radius 1 is 1.30 bits per heavy atom. The number of carbonyl (C=O) groups is 3. The quantitative estimate of drug-likeness (QED) is 0.717. The van der Waals surface area contributed by atoms with Crippen molar-refractivity contribution >= 4 is 34.1 Å². The zero-order valence-corrected chi connectivity index (χ0v) is 13.9. The smallest absolute Gasteiger partial charge is 0.307 e. The third-order valence-electron chi connectivity index (χ3n) is 4.13. The maximum atomic E-state index is 12.5. The molecule has 1 aliphatic carbocycles. The molecule has 1 aromatic heterocycles. The molecule has 0 unspecified atom stereocenters. The summed E-state index contributed by atoms with van der Waals surface area (Å²) < 4.78 is 0. The molecule has 2 rings (SSSR count). The second-order valence-corrected chi connectivity index (χ2v) is 6.77. The first-order chi connectivity index (χ1) is 10.9. The number of nitrogens with one attached hydrogen (secondary N) is 1. The van der Waals surface area contributed by atoms with Gasteiger partial charge in [-0.1, -0.05) is 19.1 Å². The largest absolute Gasteiger partial charge is 0.481 e. The summed E-state index contributed by atoms with van der Waals surface area (Å²) in [4.78, 5) is 36.5. The van der Waals surface area contributed by atoms with Crippen LogP contribution in [0.5, 0.6) is 0 Å². The van der Waals surface area contributed by atoms with E-state index in [1.807, 2.05) is 19.9 Å². The van der Waals surface area contributed by atoms with Gasteiger partial charge in [0.1, 0.15) is 5.00 Å². The van der Waals surface area contributed by atoms with E-state index in [1.54, 1.807) is 6.08 Å². The number of carboxylic acids is 1. The van der Waals surface area contributed by atoms with Crippen LogP contribution in [0.1, 0.15) is 40.6 Å². The fourth-order valence-electron chi connectivity index (χ4n) is 2.93. The van der Waals surface area contributed by atoms with Crippen molar-refractivity contribution in [2.75, 3.05) is 5.32 Å². The number of anilines is 1. The molecule has 0 spiro atoms. The highest BCUT2D eigenvalue weighted by atomic mass is 32.1. The summed E-state index contributed by atoms with van der Waals surface area (Å²) in [5.41, 5.74) is 6.61. The summed E-state index contributed by atoms with van der Waals surface area (Å²) >= 11 is 1.30. The van der Waals surface area contributed by atoms with Gasteiger partial charge >= 0.3 is 5.97 Å². The molecule has 0 saturated carbocycles. The van der Waals surface area contributed by atoms with Crippen LogP contribution >= 0.6 is 11.3 Å². The predicted molar refractivity (Wildman–Crippen MR) is 88.6 cm³/mol. The van der Waals surface area contributed by atoms with Gasteiger partial charge in [0.2, 0.25) is 5.91 Å². The fraction of sp³-hybridized carbons (Fsp3) is 0.438. The maximum Gasteiger partial charge on any atom is 0.307 e. The molecule has 23 heavy (non-hydrogen) atoms. The molecule has 0 fully saturated rings. The molecule has 1 aliphatic rings. The Morgan fingerprint density at radius 2 is 1.91 bits per heavy atom. The van der Waals surface area contributed by atoms with Crippen molar-refractivity contribution in [1.29, 1.82) is 0 Å². The molecule has 0 aliphatic heterocycles. The number of aliphatic carboxylic acids is 1. The number of amides is 2. The van der Waals surface area contributed by atoms with Gasteiger partial charge < -0.3 is 16.2 Å². The van der Waals surface area contributed by atoms with E-state index < -0.39 is 23.7 Å². The van der Waals surface area contributed by atoms with E-state index in [0.717, 1.165) is 10.4 Å². The zero-order chi connectivity index (χ0) is 17.1. The highest BCUT2D eigenvalue weighted by molar-refractivity contribution is 7.16. The number of rotatable bonds is 5. The van der Waals surface area contributed by atoms with Crippen molar-refractivity contribution in [2.24, 2.45) is 17.6 Å². The SMILES string of the molecule is CCc1c(C)sc(NC(=O)[C@@H]2CC=CC[C@H]2C(=O)O)c1C(N)=O. The molecule has 0 aromatic carbocycles. The Hall–Kier alpha value is -2.15. The fourth-order valence-corrected chi connectivity index (χ4v) is 4.09. The second kappa shape index (κ2) is 6.95. The van der Waals surface area contributed by atoms with Crippen molar-refractivity contribution in [3.63, 3.8) is 0 Å². The number of aryl methyl sites for hydroxylation is 1. The van der Waals surface area contributed by atoms with E-state index >= 15 is 0 Å². The van der Waals surface area contributed by atoms with Gasteiger partial charge in [-0.2, -0.15) is 0 Å². The lowest BCUT2D eigenvalue weighted by Crippen LogP contribution is -2.35. The molecule has 7 heteroatoms. The van der Waals surface area contributed by atoms with Gasteiger partial charge in [-0.05, 0) is 31.7 Å². The zero-order valence-electron chi connectivity index (χ0n) is 13.1. The van der Waals surface area contributed by atoms with Crippen LogP contribution in [0.25, 0.3) is 0 Å². The Labute approximate surface area is 138 Å². The standard InChI is InChI=1S/C16H20N2O4S/c1-3-9-8(2)23-15(12(9)13(17)19)18-14(20)10-6-4-5-7-11(10)16(21)22/h4-5,10-11H,3,6-7H2,1-2H3,(H2,17,19)(H,18,20)(H,21,22)/t10-,11-/m1/s1. The Bertz CT molecular complexity index is 678. The van der Waals surface area contributed by atoms with Crippen molar-refractivity contribution < 1.29 is 19.5 Å². The average Bonchev–Trinajstić information content (AvgIpc) is 2.82. The van der Waals surface area contributed by atoms with Crippen LogP contribution < -0.4 is 11.1 Å². The van der Waals surface area contributed by atoms with Gasteiger partial charge in [0.25, 0.3) is 5.91 Å². The van der Waals surface area contributed by atoms with Gasteiger partial charge in [-0.3, -0.25) is 14.4 Å². The molecule has 0 radical (unpaired) electrons. The van der Waals surface area contributed by atoms with E-state index in [-0.39, 0.29) is 5.91 Å². The molecule has 4 N–H and O–H groups in total. The number of primary amides is 1. The van der Waals surface area contributed by atoms with Gasteiger partial charge in [-0.25, -0.2) is 0 Å². The number of carboxylic acid groups (broad SMARTS) is 1. The molecule has 1 aromatic rings. The van der Waals surface area contributed by atoms with Crippen LogP contribution in [0.2, 0.25) is 0 Å². The summed E-state index contributed by atoms with van der Waals surface area (Å²) in [5.74, 6) is -3.34. The highest BCUT2D eigenvalue weighted by Crippen LogP contribution is 2.35. The van der Waals surface area contributed by atoms with E-state index in [1.165, 1.54) is 11.3 Å². The molecule has 124 valence electrons. The van der Waals surface area contributed by atoms with Crippen LogP contribution in [0, 0.1) is 18.8 Å². The minimum Gasteiger partial charge on any atom is -0.481 e. The first-order valence-corrected chi connectivity index (χ1v) is 8.29. The molecule has 0 saturated heterocycles. The second-order valence-electron chi connectivity index (χ2n) is 5.54. The van der Waals surface area contributed by atoms with Crippen molar-refractivity contribution in [1.82, 2.24) is 0 Å². The average molecular weight is 336 g/mol. The number of nitrogens with two attached hydrogens (primary N) is 1. The van der Waals surface area contributed by atoms with Gasteiger partial charge in [0.05, 0.1) is 17.4 Å². The van der Waals surface area contributed by atoms with Crippen LogP contribution in [0.15, 0.2) is 12.2 Å². The molecule has 2 amide bonds. The first-order valence-electron chi connectivity index (χ1n) is 7.47. The van der Waals surface area contributed by atoms with Crippen LogP contribution in [-0.4, -0.2) is 22.9 Å². The summed E-state index contributed by atoms with van der Waals surface area (Å²) in [6, 6.07) is 0. The number of allylic oxidation sites excluding steroid dienone is 2. The van der Waals surface area contributed by atoms with Crippen LogP contribution in [0.4, 0.5) is 5.00 Å². The summed E-state index contributed by atoms with van der Waals surface area (Å²) in [6.45, 7) is 3.79. The molecular formula is C16H20N2O4S. The van der Waals surface area contributed by atoms with E-state index in [9.17, 15) is 19.5 Å². The van der Waals surface area contributed by atoms with Crippen molar-refractivity contribution in [3.8, 4) is 0 Å². The molecular weight excluding hydrogens is 316 g/mol. The summed E-state index contributed by atoms with van der Waals surface area (Å²) in [6.07, 6.45) is 4.94. The lowest BCUT2D eigenvalue weighted by molar-refractivity contribution is -0.146. The Kier molecular flexibility index (Phi) is 5.20. The number of hydrogen-bond donors (Lipinski definition) is 3. The first kappa shape index (κ1) is 17.2. The Balaban J connectivity index is 2.28. The topological polar surface area (TPSA) is 109 Å². The molecule has 2 atom stereocenters. The van der Waals surface area contributed by atoms with Gasteiger partial charge in [-0.15, -0.1) is 11.3 Å².